The van der Waals surface area contributed by atoms with E-state index >= 15 is 0 Å². The van der Waals surface area contributed by atoms with E-state index in [-0.39, 0.29) is 18.5 Å². The molecule has 6 heteroatoms. The minimum Gasteiger partial charge on any atom is -0.481 e. The van der Waals surface area contributed by atoms with Crippen LogP contribution in [0, 0.1) is 6.92 Å². The summed E-state index contributed by atoms with van der Waals surface area (Å²) in [5, 5.41) is 12.0. The number of carbonyl (C=O) groups excluding carboxylic acids is 1. The summed E-state index contributed by atoms with van der Waals surface area (Å²) in [4.78, 5) is 24.0. The monoisotopic (exact) mass is 268 g/mol. The van der Waals surface area contributed by atoms with Crippen LogP contribution in [0.2, 0.25) is 5.02 Å². The minimum atomic E-state index is -0.926. The van der Waals surface area contributed by atoms with E-state index in [0.29, 0.717) is 17.3 Å². The van der Waals surface area contributed by atoms with Crippen molar-refractivity contribution in [1.29, 1.82) is 0 Å². The summed E-state index contributed by atoms with van der Waals surface area (Å²) < 4.78 is 0. The molecule has 1 saturated heterocycles. The molecule has 2 rings (SSSR count). The van der Waals surface area contributed by atoms with Gasteiger partial charge in [0.15, 0.2) is 0 Å². The lowest BCUT2D eigenvalue weighted by Crippen LogP contribution is -2.29. The Morgan fingerprint density at radius 2 is 2.33 bits per heavy atom. The zero-order valence-corrected chi connectivity index (χ0v) is 10.6. The van der Waals surface area contributed by atoms with Gasteiger partial charge >= 0.3 is 12.0 Å². The van der Waals surface area contributed by atoms with Crippen LogP contribution in [0.25, 0.3) is 0 Å². The zero-order chi connectivity index (χ0) is 13.3. The first-order chi connectivity index (χ1) is 8.49. The van der Waals surface area contributed by atoms with Gasteiger partial charge in [-0.15, -0.1) is 0 Å². The number of hydrogen-bond acceptors (Lipinski definition) is 2. The highest BCUT2D eigenvalue weighted by Crippen LogP contribution is 2.28. The number of nitrogens with zero attached hydrogens (tertiary/aromatic N) is 1. The van der Waals surface area contributed by atoms with Crippen molar-refractivity contribution in [3.63, 3.8) is 0 Å². The Morgan fingerprint density at radius 1 is 1.61 bits per heavy atom. The van der Waals surface area contributed by atoms with Crippen molar-refractivity contribution in [2.75, 3.05) is 11.4 Å². The molecule has 5 nitrogen and oxygen atoms in total. The summed E-state index contributed by atoms with van der Waals surface area (Å²) in [5.41, 5.74) is 1.53. The number of rotatable bonds is 3. The number of amides is 2. The summed E-state index contributed by atoms with van der Waals surface area (Å²) in [6.07, 6.45) is -0.0815. The van der Waals surface area contributed by atoms with Gasteiger partial charge in [0.2, 0.25) is 0 Å². The first-order valence-corrected chi connectivity index (χ1v) is 5.91. The fraction of sp³-hybridized carbons (Fsp3) is 0.333. The number of hydrogen-bond donors (Lipinski definition) is 2. The Morgan fingerprint density at radius 3 is 3.00 bits per heavy atom. The summed E-state index contributed by atoms with van der Waals surface area (Å²) in [7, 11) is 0. The Labute approximate surface area is 109 Å². The fourth-order valence-electron chi connectivity index (χ4n) is 2.02. The molecule has 0 aliphatic carbocycles. The van der Waals surface area contributed by atoms with E-state index in [1.807, 2.05) is 6.92 Å². The molecule has 1 heterocycles. The maximum atomic E-state index is 11.8. The molecule has 96 valence electrons. The molecule has 1 aromatic rings. The van der Waals surface area contributed by atoms with Crippen LogP contribution in [0.1, 0.15) is 12.0 Å². The van der Waals surface area contributed by atoms with E-state index in [4.69, 9.17) is 16.7 Å². The molecular formula is C12H13ClN2O3. The van der Waals surface area contributed by atoms with Gasteiger partial charge in [0.05, 0.1) is 12.5 Å². The van der Waals surface area contributed by atoms with Crippen LogP contribution in [0.5, 0.6) is 0 Å². The van der Waals surface area contributed by atoms with Crippen LogP contribution < -0.4 is 10.2 Å². The highest BCUT2D eigenvalue weighted by Gasteiger charge is 2.31. The number of halogens is 1. The maximum Gasteiger partial charge on any atom is 0.322 e. The standard InChI is InChI=1S/C12H13ClN2O3/c1-7-9(13)3-2-4-10(7)15-6-8(5-11(16)17)14-12(15)18/h2-4,8H,5-6H2,1H3,(H,14,18)(H,16,17). The Balaban J connectivity index is 2.22. The highest BCUT2D eigenvalue weighted by molar-refractivity contribution is 6.31. The third-order valence-electron chi connectivity index (χ3n) is 2.93. The van der Waals surface area contributed by atoms with E-state index in [0.717, 1.165) is 5.56 Å². The SMILES string of the molecule is Cc1c(Cl)cccc1N1CC(CC(=O)O)NC1=O. The lowest BCUT2D eigenvalue weighted by Gasteiger charge is -2.17. The Hall–Kier alpha value is -1.75. The van der Waals surface area contributed by atoms with Crippen LogP contribution in [0.3, 0.4) is 0 Å². The van der Waals surface area contributed by atoms with Gasteiger partial charge in [-0.05, 0) is 24.6 Å². The molecule has 2 amide bonds. The van der Waals surface area contributed by atoms with Gasteiger partial charge in [-0.2, -0.15) is 0 Å². The van der Waals surface area contributed by atoms with E-state index < -0.39 is 5.97 Å². The molecule has 2 N–H and O–H groups in total. The number of aliphatic carboxylic acids is 1. The van der Waals surface area contributed by atoms with Gasteiger partial charge in [0.1, 0.15) is 0 Å². The second-order valence-corrected chi connectivity index (χ2v) is 4.65. The lowest BCUT2D eigenvalue weighted by atomic mass is 10.1. The molecule has 0 bridgehead atoms. The molecule has 1 atom stereocenters. The highest BCUT2D eigenvalue weighted by atomic mass is 35.5. The van der Waals surface area contributed by atoms with Crippen molar-refractivity contribution in [1.82, 2.24) is 5.32 Å². The van der Waals surface area contributed by atoms with Crippen LogP contribution in [0.15, 0.2) is 18.2 Å². The van der Waals surface area contributed by atoms with Gasteiger partial charge in [-0.1, -0.05) is 17.7 Å². The summed E-state index contributed by atoms with van der Waals surface area (Å²) >= 11 is 6.01. The van der Waals surface area contributed by atoms with Crippen molar-refractivity contribution in [3.8, 4) is 0 Å². The number of carboxylic acids is 1. The molecule has 0 saturated carbocycles. The van der Waals surface area contributed by atoms with E-state index in [1.165, 1.54) is 4.90 Å². The van der Waals surface area contributed by atoms with Crippen molar-refractivity contribution in [2.45, 2.75) is 19.4 Å². The average molecular weight is 269 g/mol. The largest absolute Gasteiger partial charge is 0.481 e. The normalized spacial score (nSPS) is 18.9. The molecule has 1 fully saturated rings. The molecule has 1 aliphatic heterocycles. The number of carbonyl (C=O) groups is 2. The fourth-order valence-corrected chi connectivity index (χ4v) is 2.19. The lowest BCUT2D eigenvalue weighted by molar-refractivity contribution is -0.137. The topological polar surface area (TPSA) is 69.6 Å². The van der Waals surface area contributed by atoms with Gasteiger partial charge < -0.3 is 10.4 Å². The number of nitrogens with one attached hydrogen (secondary N) is 1. The molecule has 18 heavy (non-hydrogen) atoms. The maximum absolute atomic E-state index is 11.8. The molecule has 0 aromatic heterocycles. The van der Waals surface area contributed by atoms with E-state index in [2.05, 4.69) is 5.32 Å². The van der Waals surface area contributed by atoms with Crippen LogP contribution in [-0.4, -0.2) is 29.7 Å². The second kappa shape index (κ2) is 4.86. The Bertz CT molecular complexity index is 504. The Kier molecular flexibility index (Phi) is 3.43. The summed E-state index contributed by atoms with van der Waals surface area (Å²) in [5.74, 6) is -0.926. The third kappa shape index (κ3) is 2.41. The molecule has 1 unspecified atom stereocenters. The molecule has 1 aromatic carbocycles. The predicted molar refractivity (Wildman–Crippen MR) is 68.1 cm³/mol. The van der Waals surface area contributed by atoms with E-state index in [1.54, 1.807) is 18.2 Å². The number of urea groups is 1. The van der Waals surface area contributed by atoms with Crippen molar-refractivity contribution in [3.05, 3.63) is 28.8 Å². The van der Waals surface area contributed by atoms with Crippen LogP contribution in [0.4, 0.5) is 10.5 Å². The number of anilines is 1. The molecular weight excluding hydrogens is 256 g/mol. The van der Waals surface area contributed by atoms with Gasteiger partial charge in [0.25, 0.3) is 0 Å². The van der Waals surface area contributed by atoms with Crippen molar-refractivity contribution < 1.29 is 14.7 Å². The smallest absolute Gasteiger partial charge is 0.322 e. The van der Waals surface area contributed by atoms with Crippen molar-refractivity contribution >= 4 is 29.3 Å². The van der Waals surface area contributed by atoms with E-state index in [9.17, 15) is 9.59 Å². The predicted octanol–water partition coefficient (Wildman–Crippen LogP) is 2.02. The van der Waals surface area contributed by atoms with Crippen LogP contribution >= 0.6 is 11.6 Å². The van der Waals surface area contributed by atoms with Crippen LogP contribution in [-0.2, 0) is 4.79 Å². The summed E-state index contributed by atoms with van der Waals surface area (Å²) in [6, 6.07) is 4.66. The number of carboxylic acid groups (broad SMARTS) is 1. The first kappa shape index (κ1) is 12.7. The first-order valence-electron chi connectivity index (χ1n) is 5.54. The molecule has 0 spiro atoms. The van der Waals surface area contributed by atoms with Gasteiger partial charge in [0, 0.05) is 17.3 Å². The number of benzene rings is 1. The van der Waals surface area contributed by atoms with Gasteiger partial charge in [-0.25, -0.2) is 4.79 Å². The van der Waals surface area contributed by atoms with Crippen molar-refractivity contribution in [2.24, 2.45) is 0 Å². The van der Waals surface area contributed by atoms with Gasteiger partial charge in [-0.3, -0.25) is 9.69 Å². The quantitative estimate of drug-likeness (QED) is 0.881. The zero-order valence-electron chi connectivity index (χ0n) is 9.81. The summed E-state index contributed by atoms with van der Waals surface area (Å²) in [6.45, 7) is 2.17. The third-order valence-corrected chi connectivity index (χ3v) is 3.34. The minimum absolute atomic E-state index is 0.0815. The second-order valence-electron chi connectivity index (χ2n) is 4.24. The molecule has 1 aliphatic rings. The molecule has 0 radical (unpaired) electrons. The average Bonchev–Trinajstić information content (AvgIpc) is 2.62.